The molecular formula is C20H27N3O3. The van der Waals surface area contributed by atoms with Gasteiger partial charge in [0.2, 0.25) is 0 Å². The van der Waals surface area contributed by atoms with Gasteiger partial charge < -0.3 is 15.1 Å². The lowest BCUT2D eigenvalue weighted by atomic mass is 9.72. The average molecular weight is 357 g/mol. The van der Waals surface area contributed by atoms with E-state index < -0.39 is 11.7 Å². The Balaban J connectivity index is 1.79. The minimum atomic E-state index is -0.867. The van der Waals surface area contributed by atoms with E-state index >= 15 is 0 Å². The van der Waals surface area contributed by atoms with E-state index in [0.29, 0.717) is 38.3 Å². The van der Waals surface area contributed by atoms with E-state index in [-0.39, 0.29) is 5.92 Å². The van der Waals surface area contributed by atoms with Crippen LogP contribution in [0.1, 0.15) is 49.1 Å². The molecule has 1 saturated heterocycles. The fourth-order valence-electron chi connectivity index (χ4n) is 4.30. The molecule has 0 aromatic heterocycles. The van der Waals surface area contributed by atoms with Gasteiger partial charge in [-0.25, -0.2) is 4.79 Å². The Hall–Kier alpha value is -2.10. The van der Waals surface area contributed by atoms with Gasteiger partial charge in [0.05, 0.1) is 17.2 Å². The number of hydrogen-bond acceptors (Lipinski definition) is 4. The number of nitrogens with zero attached hydrogens (tertiary/aromatic N) is 3. The van der Waals surface area contributed by atoms with Crippen molar-refractivity contribution >= 4 is 6.09 Å². The highest BCUT2D eigenvalue weighted by Gasteiger charge is 2.40. The molecule has 1 saturated carbocycles. The minimum absolute atomic E-state index is 0.0625. The molecule has 0 spiro atoms. The van der Waals surface area contributed by atoms with Crippen molar-refractivity contribution in [3.8, 4) is 6.07 Å². The largest absolute Gasteiger partial charge is 0.465 e. The summed E-state index contributed by atoms with van der Waals surface area (Å²) in [5, 5.41) is 29.8. The van der Waals surface area contributed by atoms with Crippen molar-refractivity contribution in [2.75, 3.05) is 32.7 Å². The Morgan fingerprint density at radius 2 is 1.88 bits per heavy atom. The number of piperazine rings is 1. The van der Waals surface area contributed by atoms with Crippen LogP contribution in [-0.2, 0) is 0 Å². The van der Waals surface area contributed by atoms with E-state index in [9.17, 15) is 15.2 Å². The summed E-state index contributed by atoms with van der Waals surface area (Å²) in [4.78, 5) is 14.8. The van der Waals surface area contributed by atoms with E-state index in [0.717, 1.165) is 37.7 Å². The van der Waals surface area contributed by atoms with Crippen LogP contribution in [0.5, 0.6) is 0 Å². The summed E-state index contributed by atoms with van der Waals surface area (Å²) in [6.07, 6.45) is 3.90. The first-order chi connectivity index (χ1) is 12.5. The fourth-order valence-corrected chi connectivity index (χ4v) is 4.30. The maximum absolute atomic E-state index is 11.4. The van der Waals surface area contributed by atoms with E-state index in [1.165, 1.54) is 4.90 Å². The first-order valence-corrected chi connectivity index (χ1v) is 9.44. The summed E-state index contributed by atoms with van der Waals surface area (Å²) < 4.78 is 0. The van der Waals surface area contributed by atoms with Crippen molar-refractivity contribution in [1.82, 2.24) is 9.80 Å². The van der Waals surface area contributed by atoms with Crippen LogP contribution < -0.4 is 0 Å². The van der Waals surface area contributed by atoms with Crippen LogP contribution in [0.2, 0.25) is 0 Å². The second-order valence-electron chi connectivity index (χ2n) is 7.52. The van der Waals surface area contributed by atoms with Crippen LogP contribution >= 0.6 is 0 Å². The van der Waals surface area contributed by atoms with Gasteiger partial charge in [-0.05, 0) is 30.5 Å². The quantitative estimate of drug-likeness (QED) is 0.865. The van der Waals surface area contributed by atoms with Gasteiger partial charge >= 0.3 is 6.09 Å². The molecular weight excluding hydrogens is 330 g/mol. The molecule has 6 heteroatoms. The van der Waals surface area contributed by atoms with Crippen LogP contribution in [0, 0.1) is 11.3 Å². The molecule has 1 atom stereocenters. The summed E-state index contributed by atoms with van der Waals surface area (Å²) in [5.74, 6) is -0.0625. The van der Waals surface area contributed by atoms with Crippen molar-refractivity contribution in [3.05, 3.63) is 35.4 Å². The van der Waals surface area contributed by atoms with Gasteiger partial charge in [-0.15, -0.1) is 0 Å². The average Bonchev–Trinajstić information content (AvgIpc) is 2.67. The molecule has 3 rings (SSSR count). The number of carbonyl (C=O) groups is 1. The van der Waals surface area contributed by atoms with Crippen LogP contribution in [0.25, 0.3) is 0 Å². The number of hydrogen-bond donors (Lipinski definition) is 2. The Kier molecular flexibility index (Phi) is 5.80. The van der Waals surface area contributed by atoms with E-state index in [1.807, 2.05) is 18.2 Å². The predicted octanol–water partition coefficient (Wildman–Crippen LogP) is 2.63. The third-order valence-electron chi connectivity index (χ3n) is 5.87. The second-order valence-corrected chi connectivity index (χ2v) is 7.52. The number of amides is 1. The Bertz CT molecular complexity index is 671. The van der Waals surface area contributed by atoms with Gasteiger partial charge in [-0.2, -0.15) is 5.26 Å². The van der Waals surface area contributed by atoms with Gasteiger partial charge in [0.15, 0.2) is 0 Å². The summed E-state index contributed by atoms with van der Waals surface area (Å²) in [6.45, 7) is 3.05. The number of nitriles is 1. The van der Waals surface area contributed by atoms with Crippen LogP contribution in [0.3, 0.4) is 0 Å². The molecule has 1 aromatic rings. The molecule has 6 nitrogen and oxygen atoms in total. The molecule has 1 unspecified atom stereocenters. The first-order valence-electron chi connectivity index (χ1n) is 9.44. The van der Waals surface area contributed by atoms with Gasteiger partial charge in [0, 0.05) is 38.6 Å². The minimum Gasteiger partial charge on any atom is -0.465 e. The van der Waals surface area contributed by atoms with Gasteiger partial charge in [-0.1, -0.05) is 31.4 Å². The maximum atomic E-state index is 11.4. The van der Waals surface area contributed by atoms with Crippen LogP contribution in [0.4, 0.5) is 4.79 Å². The standard InChI is InChI=1S/C20H27N3O3/c21-14-16-5-4-6-17(13-16)18(20(26)7-2-1-3-8-20)15-22-9-11-23(12-10-22)19(24)25/h4-6,13,18,26H,1-3,7-12,15H2,(H,24,25). The van der Waals surface area contributed by atoms with E-state index in [4.69, 9.17) is 5.11 Å². The fraction of sp³-hybridized carbons (Fsp3) is 0.600. The van der Waals surface area contributed by atoms with Gasteiger partial charge in [-0.3, -0.25) is 4.90 Å². The van der Waals surface area contributed by atoms with Crippen molar-refractivity contribution in [2.45, 2.75) is 43.6 Å². The molecule has 0 radical (unpaired) electrons. The zero-order chi connectivity index (χ0) is 18.6. The molecule has 1 aliphatic carbocycles. The summed E-state index contributed by atoms with van der Waals surface area (Å²) in [5.41, 5.74) is 0.868. The highest BCUT2D eigenvalue weighted by molar-refractivity contribution is 5.65. The SMILES string of the molecule is N#Cc1cccc(C(CN2CCN(C(=O)O)CC2)C2(O)CCCCC2)c1. The van der Waals surface area contributed by atoms with Crippen molar-refractivity contribution in [2.24, 2.45) is 0 Å². The van der Waals surface area contributed by atoms with Crippen LogP contribution in [0.15, 0.2) is 24.3 Å². The number of benzene rings is 1. The topological polar surface area (TPSA) is 87.8 Å². The summed E-state index contributed by atoms with van der Waals surface area (Å²) >= 11 is 0. The molecule has 1 aromatic carbocycles. The lowest BCUT2D eigenvalue weighted by molar-refractivity contribution is -0.0338. The van der Waals surface area contributed by atoms with Gasteiger partial charge in [0.25, 0.3) is 0 Å². The van der Waals surface area contributed by atoms with Gasteiger partial charge in [0.1, 0.15) is 0 Å². The zero-order valence-corrected chi connectivity index (χ0v) is 15.1. The molecule has 2 fully saturated rings. The maximum Gasteiger partial charge on any atom is 0.407 e. The monoisotopic (exact) mass is 357 g/mol. The predicted molar refractivity (Wildman–Crippen MR) is 98.0 cm³/mol. The van der Waals surface area contributed by atoms with Crippen LogP contribution in [-0.4, -0.2) is 64.4 Å². The lowest BCUT2D eigenvalue weighted by Crippen LogP contribution is -2.51. The number of carboxylic acid groups (broad SMARTS) is 1. The molecule has 1 amide bonds. The molecule has 2 N–H and O–H groups in total. The molecule has 1 aliphatic heterocycles. The highest BCUT2D eigenvalue weighted by Crippen LogP contribution is 2.40. The lowest BCUT2D eigenvalue weighted by Gasteiger charge is -2.43. The van der Waals surface area contributed by atoms with Crippen molar-refractivity contribution in [1.29, 1.82) is 5.26 Å². The Morgan fingerprint density at radius 3 is 2.50 bits per heavy atom. The Labute approximate surface area is 154 Å². The third-order valence-corrected chi connectivity index (χ3v) is 5.87. The van der Waals surface area contributed by atoms with E-state index in [2.05, 4.69) is 11.0 Å². The molecule has 26 heavy (non-hydrogen) atoms. The normalized spacial score (nSPS) is 21.8. The van der Waals surface area contributed by atoms with Crippen molar-refractivity contribution in [3.63, 3.8) is 0 Å². The molecule has 140 valence electrons. The summed E-state index contributed by atoms with van der Waals surface area (Å²) in [7, 11) is 0. The molecule has 1 heterocycles. The second kappa shape index (κ2) is 8.07. The number of aliphatic hydroxyl groups is 1. The molecule has 0 bridgehead atoms. The Morgan fingerprint density at radius 1 is 1.19 bits per heavy atom. The third kappa shape index (κ3) is 4.17. The smallest absolute Gasteiger partial charge is 0.407 e. The number of rotatable bonds is 4. The first kappa shape index (κ1) is 18.7. The zero-order valence-electron chi connectivity index (χ0n) is 15.1. The summed E-state index contributed by atoms with van der Waals surface area (Å²) in [6, 6.07) is 9.76. The molecule has 2 aliphatic rings. The highest BCUT2D eigenvalue weighted by atomic mass is 16.4. The van der Waals surface area contributed by atoms with E-state index in [1.54, 1.807) is 6.07 Å². The van der Waals surface area contributed by atoms with Crippen molar-refractivity contribution < 1.29 is 15.0 Å².